The maximum atomic E-state index is 12.1. The molecule has 1 aromatic rings. The highest BCUT2D eigenvalue weighted by Gasteiger charge is 2.63. The molecule has 0 aromatic carbocycles. The van der Waals surface area contributed by atoms with Crippen LogP contribution in [0.1, 0.15) is 32.4 Å². The number of carbonyl (C=O) groups is 1. The number of carbonyl (C=O) groups excluding carboxylic acids is 1. The first-order chi connectivity index (χ1) is 12.5. The zero-order chi connectivity index (χ0) is 18.3. The quantitative estimate of drug-likeness (QED) is 0.828. The highest BCUT2D eigenvalue weighted by Crippen LogP contribution is 2.55. The van der Waals surface area contributed by atoms with Gasteiger partial charge in [-0.05, 0) is 37.1 Å². The molecule has 4 rings (SSSR count). The van der Waals surface area contributed by atoms with E-state index in [0.717, 1.165) is 44.0 Å². The number of rotatable bonds is 6. The lowest BCUT2D eigenvalue weighted by molar-refractivity contribution is -0.118. The fourth-order valence-corrected chi connectivity index (χ4v) is 5.45. The summed E-state index contributed by atoms with van der Waals surface area (Å²) in [5.74, 6) is 2.66. The van der Waals surface area contributed by atoms with Gasteiger partial charge in [-0.3, -0.25) is 4.79 Å². The lowest BCUT2D eigenvalue weighted by atomic mass is 9.73. The normalized spacial score (nSPS) is 32.3. The Bertz CT molecular complexity index is 683. The van der Waals surface area contributed by atoms with Crippen molar-refractivity contribution in [3.63, 3.8) is 0 Å². The van der Waals surface area contributed by atoms with Gasteiger partial charge >= 0.3 is 0 Å². The Morgan fingerprint density at radius 1 is 1.50 bits per heavy atom. The van der Waals surface area contributed by atoms with E-state index in [1.54, 1.807) is 11.8 Å². The van der Waals surface area contributed by atoms with Crippen LogP contribution in [0, 0.1) is 18.8 Å². The Balaban J connectivity index is 1.40. The molecular weight excluding hydrogens is 346 g/mol. The first kappa shape index (κ1) is 18.1. The van der Waals surface area contributed by atoms with E-state index in [-0.39, 0.29) is 11.5 Å². The molecular formula is C20H29N3O2S. The van der Waals surface area contributed by atoms with Gasteiger partial charge in [0.25, 0.3) is 0 Å². The van der Waals surface area contributed by atoms with Gasteiger partial charge in [0.05, 0.1) is 17.5 Å². The van der Waals surface area contributed by atoms with Crippen LogP contribution in [-0.4, -0.2) is 53.2 Å². The van der Waals surface area contributed by atoms with Gasteiger partial charge in [0, 0.05) is 37.2 Å². The van der Waals surface area contributed by atoms with E-state index < -0.39 is 0 Å². The predicted octanol–water partition coefficient (Wildman–Crippen LogP) is 2.63. The molecule has 4 heterocycles. The highest BCUT2D eigenvalue weighted by molar-refractivity contribution is 8.00. The molecule has 26 heavy (non-hydrogen) atoms. The van der Waals surface area contributed by atoms with Crippen molar-refractivity contribution in [2.75, 3.05) is 30.3 Å². The fraction of sp³-hybridized carbons (Fsp3) is 0.700. The Kier molecular flexibility index (Phi) is 4.90. The van der Waals surface area contributed by atoms with Crippen LogP contribution in [0.4, 0.5) is 5.82 Å². The van der Waals surface area contributed by atoms with E-state index in [2.05, 4.69) is 36.2 Å². The number of amides is 1. The Hall–Kier alpha value is -1.27. The highest BCUT2D eigenvalue weighted by atomic mass is 32.2. The molecule has 1 aromatic heterocycles. The van der Waals surface area contributed by atoms with Crippen LogP contribution in [0.3, 0.4) is 0 Å². The molecule has 3 saturated heterocycles. The predicted molar refractivity (Wildman–Crippen MR) is 106 cm³/mol. The van der Waals surface area contributed by atoms with Crippen molar-refractivity contribution in [3.05, 3.63) is 23.9 Å². The number of nitrogens with zero attached hydrogens (tertiary/aromatic N) is 2. The molecule has 0 unspecified atom stereocenters. The third-order valence-corrected chi connectivity index (χ3v) is 7.16. The van der Waals surface area contributed by atoms with Crippen LogP contribution >= 0.6 is 11.8 Å². The van der Waals surface area contributed by atoms with Crippen LogP contribution in [0.25, 0.3) is 0 Å². The molecule has 6 heteroatoms. The van der Waals surface area contributed by atoms with E-state index in [0.29, 0.717) is 28.9 Å². The summed E-state index contributed by atoms with van der Waals surface area (Å²) in [6, 6.07) is 6.21. The number of hydrogen-bond donors (Lipinski definition) is 1. The molecule has 0 radical (unpaired) electrons. The molecule has 0 aliphatic carbocycles. The number of ether oxygens (including phenoxy) is 1. The SMILES string of the molecule is Cc1cccc(N2C[C@@H]3[C@H](CNC(=O)CSC(C)C)[C@H]4CC[C@]3(C2)O4)n1. The number of hydrogen-bond acceptors (Lipinski definition) is 5. The van der Waals surface area contributed by atoms with Gasteiger partial charge < -0.3 is 15.0 Å². The number of aromatic nitrogens is 1. The van der Waals surface area contributed by atoms with Crippen molar-refractivity contribution in [3.8, 4) is 0 Å². The van der Waals surface area contributed by atoms with Crippen molar-refractivity contribution in [2.45, 2.75) is 50.6 Å². The molecule has 0 saturated carbocycles. The summed E-state index contributed by atoms with van der Waals surface area (Å²) in [6.45, 7) is 8.93. The van der Waals surface area contributed by atoms with E-state index in [4.69, 9.17) is 9.72 Å². The van der Waals surface area contributed by atoms with Crippen molar-refractivity contribution in [1.82, 2.24) is 10.3 Å². The number of thioether (sulfide) groups is 1. The van der Waals surface area contributed by atoms with Gasteiger partial charge in [-0.2, -0.15) is 0 Å². The molecule has 5 nitrogen and oxygen atoms in total. The van der Waals surface area contributed by atoms with Gasteiger partial charge in [0.2, 0.25) is 5.91 Å². The summed E-state index contributed by atoms with van der Waals surface area (Å²) in [4.78, 5) is 19.2. The molecule has 3 aliphatic rings. The van der Waals surface area contributed by atoms with Crippen molar-refractivity contribution in [1.29, 1.82) is 0 Å². The maximum Gasteiger partial charge on any atom is 0.230 e. The zero-order valence-electron chi connectivity index (χ0n) is 15.9. The second-order valence-electron chi connectivity index (χ2n) is 8.21. The monoisotopic (exact) mass is 375 g/mol. The largest absolute Gasteiger partial charge is 0.369 e. The number of aryl methyl sites for hydroxylation is 1. The van der Waals surface area contributed by atoms with E-state index >= 15 is 0 Å². The van der Waals surface area contributed by atoms with E-state index in [1.165, 1.54) is 0 Å². The average molecular weight is 376 g/mol. The molecule has 3 aliphatic heterocycles. The second-order valence-corrected chi connectivity index (χ2v) is 9.78. The van der Waals surface area contributed by atoms with Crippen LogP contribution in [0.2, 0.25) is 0 Å². The first-order valence-corrected chi connectivity index (χ1v) is 10.8. The molecule has 3 fully saturated rings. The van der Waals surface area contributed by atoms with E-state index in [1.807, 2.05) is 13.0 Å². The number of fused-ring (bicyclic) bond motifs is 1. The van der Waals surface area contributed by atoms with Gasteiger partial charge in [0.1, 0.15) is 5.82 Å². The third-order valence-electron chi connectivity index (χ3n) is 6.06. The summed E-state index contributed by atoms with van der Waals surface area (Å²) < 4.78 is 6.48. The van der Waals surface area contributed by atoms with Gasteiger partial charge in [0.15, 0.2) is 0 Å². The van der Waals surface area contributed by atoms with Gasteiger partial charge in [-0.1, -0.05) is 19.9 Å². The van der Waals surface area contributed by atoms with E-state index in [9.17, 15) is 4.79 Å². The minimum Gasteiger partial charge on any atom is -0.369 e. The first-order valence-electron chi connectivity index (χ1n) is 9.71. The van der Waals surface area contributed by atoms with Crippen LogP contribution < -0.4 is 10.2 Å². The minimum absolute atomic E-state index is 0.0296. The van der Waals surface area contributed by atoms with Crippen LogP contribution in [0.5, 0.6) is 0 Å². The lowest BCUT2D eigenvalue weighted by Crippen LogP contribution is -2.42. The van der Waals surface area contributed by atoms with Crippen molar-refractivity contribution >= 4 is 23.5 Å². The standard InChI is InChI=1S/C20H29N3O2S/c1-13(2)26-11-19(24)21-9-15-16-10-23(18-6-4-5-14(3)22-18)12-20(16)8-7-17(15)25-20/h4-6,13,15-17H,7-12H2,1-3H3,(H,21,24)/t15-,16+,17+,20+/m0/s1. The minimum atomic E-state index is -0.0296. The second kappa shape index (κ2) is 7.04. The van der Waals surface area contributed by atoms with Crippen LogP contribution in [-0.2, 0) is 9.53 Å². The molecule has 1 spiro atoms. The summed E-state index contributed by atoms with van der Waals surface area (Å²) in [5, 5.41) is 3.65. The lowest BCUT2D eigenvalue weighted by Gasteiger charge is -2.29. The number of pyridine rings is 1. The van der Waals surface area contributed by atoms with Gasteiger partial charge in [-0.15, -0.1) is 11.8 Å². The summed E-state index contributed by atoms with van der Waals surface area (Å²) in [6.07, 6.45) is 2.57. The average Bonchev–Trinajstić information content (AvgIpc) is 3.26. The summed E-state index contributed by atoms with van der Waals surface area (Å²) in [7, 11) is 0. The molecule has 2 bridgehead atoms. The molecule has 4 atom stereocenters. The van der Waals surface area contributed by atoms with Gasteiger partial charge in [-0.25, -0.2) is 4.98 Å². The van der Waals surface area contributed by atoms with Crippen molar-refractivity contribution in [2.24, 2.45) is 11.8 Å². The topological polar surface area (TPSA) is 54.5 Å². The number of anilines is 1. The molecule has 1 N–H and O–H groups in total. The summed E-state index contributed by atoms with van der Waals surface area (Å²) in [5.41, 5.74) is 1.02. The Morgan fingerprint density at radius 3 is 3.12 bits per heavy atom. The maximum absolute atomic E-state index is 12.1. The van der Waals surface area contributed by atoms with Crippen molar-refractivity contribution < 1.29 is 9.53 Å². The third kappa shape index (κ3) is 3.33. The van der Waals surface area contributed by atoms with Crippen LogP contribution in [0.15, 0.2) is 18.2 Å². The molecule has 1 amide bonds. The Labute approximate surface area is 160 Å². The summed E-state index contributed by atoms with van der Waals surface area (Å²) >= 11 is 1.69. The fourth-order valence-electron chi connectivity index (χ4n) is 4.87. The number of nitrogens with one attached hydrogen (secondary N) is 1. The zero-order valence-corrected chi connectivity index (χ0v) is 16.7. The smallest absolute Gasteiger partial charge is 0.230 e. The Morgan fingerprint density at radius 2 is 2.35 bits per heavy atom. The molecule has 142 valence electrons.